The molecule has 4 unspecified atom stereocenters. The average Bonchev–Trinajstić information content (AvgIpc) is 2.17. The Kier molecular flexibility index (Phi) is 2.54. The molecule has 0 aromatic heterocycles. The Hall–Kier alpha value is 0.190. The van der Waals surface area contributed by atoms with E-state index in [9.17, 15) is 0 Å². The average molecular weight is 165 g/mol. The lowest BCUT2D eigenvalue weighted by atomic mass is 10.1. The van der Waals surface area contributed by atoms with Crippen molar-refractivity contribution in [2.45, 2.75) is 23.7 Å². The van der Waals surface area contributed by atoms with E-state index < -0.39 is 17.6 Å². The molecule has 1 aliphatic rings. The van der Waals surface area contributed by atoms with Crippen LogP contribution < -0.4 is 5.73 Å². The molecule has 10 heavy (non-hydrogen) atoms. The zero-order chi connectivity index (χ0) is 7.72. The topological polar surface area (TPSA) is 75.7 Å². The van der Waals surface area contributed by atoms with Gasteiger partial charge in [0.1, 0.15) is 6.10 Å². The van der Waals surface area contributed by atoms with Crippen molar-refractivity contribution in [1.82, 2.24) is 0 Å². The number of hydrogen-bond donors (Lipinski definition) is 4. The monoisotopic (exact) mass is 165 g/mol. The van der Waals surface area contributed by atoms with Gasteiger partial charge in [-0.05, 0) is 0 Å². The van der Waals surface area contributed by atoms with E-state index in [1.165, 1.54) is 0 Å². The second-order valence-electron chi connectivity index (χ2n) is 2.32. The fourth-order valence-corrected chi connectivity index (χ4v) is 1.19. The largest absolute Gasteiger partial charge is 0.394 e. The molecule has 1 rings (SSSR count). The second kappa shape index (κ2) is 3.06. The van der Waals surface area contributed by atoms with Crippen LogP contribution in [0.25, 0.3) is 0 Å². The maximum Gasteiger partial charge on any atom is 0.168 e. The summed E-state index contributed by atoms with van der Waals surface area (Å²) in [5.41, 5.74) is 5.50. The van der Waals surface area contributed by atoms with Crippen LogP contribution in [0.3, 0.4) is 0 Å². The molecule has 0 amide bonds. The minimum absolute atomic E-state index is 0.171. The molecule has 0 saturated carbocycles. The summed E-state index contributed by atoms with van der Waals surface area (Å²) in [5, 5.41) is 17.2. The first-order valence-electron chi connectivity index (χ1n) is 3.05. The van der Waals surface area contributed by atoms with Crippen molar-refractivity contribution < 1.29 is 14.9 Å². The molecule has 1 fully saturated rings. The smallest absolute Gasteiger partial charge is 0.168 e. The predicted molar refractivity (Wildman–Crippen MR) is 38.7 cm³/mol. The molecule has 4 N–H and O–H groups in total. The molecule has 4 atom stereocenters. The highest BCUT2D eigenvalue weighted by Gasteiger charge is 2.38. The van der Waals surface area contributed by atoms with Gasteiger partial charge in [-0.15, -0.1) is 0 Å². The Balaban J connectivity index is 2.53. The third-order valence-corrected chi connectivity index (χ3v) is 2.21. The highest BCUT2D eigenvalue weighted by molar-refractivity contribution is 7.81. The molecule has 0 bridgehead atoms. The summed E-state index contributed by atoms with van der Waals surface area (Å²) in [6.07, 6.45) is -1.42. The van der Waals surface area contributed by atoms with Gasteiger partial charge in [-0.1, -0.05) is 0 Å². The molecule has 1 heterocycles. The predicted octanol–water partition coefficient (Wildman–Crippen LogP) is -1.68. The lowest BCUT2D eigenvalue weighted by Gasteiger charge is -2.11. The zero-order valence-electron chi connectivity index (χ0n) is 5.34. The van der Waals surface area contributed by atoms with Crippen molar-refractivity contribution in [3.8, 4) is 0 Å². The van der Waals surface area contributed by atoms with Crippen LogP contribution in [0.1, 0.15) is 0 Å². The van der Waals surface area contributed by atoms with E-state index in [1.807, 2.05) is 0 Å². The van der Waals surface area contributed by atoms with Gasteiger partial charge in [0.15, 0.2) is 6.29 Å². The number of nitrogens with two attached hydrogens (primary N) is 1. The first-order chi connectivity index (χ1) is 4.66. The number of ether oxygens (including phenoxy) is 1. The van der Waals surface area contributed by atoms with Gasteiger partial charge in [-0.3, -0.25) is 0 Å². The quantitative estimate of drug-likeness (QED) is 0.350. The Morgan fingerprint density at radius 1 is 1.60 bits per heavy atom. The molecule has 1 saturated heterocycles. The molecular weight excluding hydrogens is 154 g/mol. The summed E-state index contributed by atoms with van der Waals surface area (Å²) in [6, 6.07) is -0.386. The van der Waals surface area contributed by atoms with Crippen molar-refractivity contribution >= 4 is 12.6 Å². The minimum atomic E-state index is -0.949. The fourth-order valence-electron chi connectivity index (χ4n) is 0.925. The highest BCUT2D eigenvalue weighted by atomic mass is 32.1. The summed E-state index contributed by atoms with van der Waals surface area (Å²) in [4.78, 5) is 0. The maximum atomic E-state index is 8.98. The van der Waals surface area contributed by atoms with E-state index in [0.29, 0.717) is 0 Å². The van der Waals surface area contributed by atoms with Crippen molar-refractivity contribution in [2.75, 3.05) is 6.61 Å². The van der Waals surface area contributed by atoms with Crippen LogP contribution in [0.2, 0.25) is 0 Å². The molecule has 5 heteroatoms. The Morgan fingerprint density at radius 2 is 2.20 bits per heavy atom. The number of aliphatic hydroxyl groups excluding tert-OH is 2. The van der Waals surface area contributed by atoms with Gasteiger partial charge < -0.3 is 20.7 Å². The molecule has 0 radical (unpaired) electrons. The van der Waals surface area contributed by atoms with E-state index in [4.69, 9.17) is 20.7 Å². The number of rotatable bonds is 1. The first kappa shape index (κ1) is 8.29. The van der Waals surface area contributed by atoms with E-state index in [2.05, 4.69) is 12.6 Å². The van der Waals surface area contributed by atoms with E-state index in [1.54, 1.807) is 0 Å². The molecule has 4 nitrogen and oxygen atoms in total. The molecule has 0 spiro atoms. The Morgan fingerprint density at radius 3 is 2.40 bits per heavy atom. The van der Waals surface area contributed by atoms with Gasteiger partial charge in [0.2, 0.25) is 0 Å². The van der Waals surface area contributed by atoms with Gasteiger partial charge in [0, 0.05) is 6.04 Å². The van der Waals surface area contributed by atoms with Crippen LogP contribution in [0.4, 0.5) is 0 Å². The van der Waals surface area contributed by atoms with Crippen LogP contribution in [0, 0.1) is 0 Å². The van der Waals surface area contributed by atoms with Gasteiger partial charge in [-0.25, -0.2) is 0 Å². The van der Waals surface area contributed by atoms with E-state index in [0.717, 1.165) is 0 Å². The summed E-state index contributed by atoms with van der Waals surface area (Å²) in [5.74, 6) is 0. The summed E-state index contributed by atoms with van der Waals surface area (Å²) >= 11 is 3.98. The zero-order valence-corrected chi connectivity index (χ0v) is 6.24. The molecule has 0 aromatic rings. The summed E-state index contributed by atoms with van der Waals surface area (Å²) in [7, 11) is 0. The van der Waals surface area contributed by atoms with E-state index in [-0.39, 0.29) is 12.6 Å². The minimum Gasteiger partial charge on any atom is -0.394 e. The first-order valence-corrected chi connectivity index (χ1v) is 3.56. The highest BCUT2D eigenvalue weighted by Crippen LogP contribution is 2.21. The van der Waals surface area contributed by atoms with E-state index >= 15 is 0 Å². The van der Waals surface area contributed by atoms with Crippen LogP contribution >= 0.6 is 12.6 Å². The Bertz CT molecular complexity index is 123. The van der Waals surface area contributed by atoms with Gasteiger partial charge in [-0.2, -0.15) is 12.6 Å². The third-order valence-electron chi connectivity index (χ3n) is 1.61. The fraction of sp³-hybridized carbons (Fsp3) is 1.00. The van der Waals surface area contributed by atoms with Crippen molar-refractivity contribution in [3.63, 3.8) is 0 Å². The van der Waals surface area contributed by atoms with Crippen LogP contribution in [0.5, 0.6) is 0 Å². The maximum absolute atomic E-state index is 8.98. The van der Waals surface area contributed by atoms with Crippen LogP contribution in [-0.2, 0) is 4.74 Å². The van der Waals surface area contributed by atoms with Crippen molar-refractivity contribution in [2.24, 2.45) is 5.73 Å². The van der Waals surface area contributed by atoms with Gasteiger partial charge >= 0.3 is 0 Å². The normalized spacial score (nSPS) is 48.0. The summed E-state index contributed by atoms with van der Waals surface area (Å²) in [6.45, 7) is -0.171. The van der Waals surface area contributed by atoms with Crippen LogP contribution in [0.15, 0.2) is 0 Å². The molecule has 0 aliphatic carbocycles. The summed E-state index contributed by atoms with van der Waals surface area (Å²) < 4.78 is 4.84. The number of aliphatic hydroxyl groups is 2. The number of hydrogen-bond acceptors (Lipinski definition) is 5. The van der Waals surface area contributed by atoms with Crippen molar-refractivity contribution in [1.29, 1.82) is 0 Å². The van der Waals surface area contributed by atoms with Gasteiger partial charge in [0.05, 0.1) is 11.9 Å². The molecular formula is C5H11NO3S. The lowest BCUT2D eigenvalue weighted by molar-refractivity contribution is -0.0998. The third kappa shape index (κ3) is 1.28. The van der Waals surface area contributed by atoms with Crippen molar-refractivity contribution in [3.05, 3.63) is 0 Å². The molecule has 0 aromatic carbocycles. The van der Waals surface area contributed by atoms with Gasteiger partial charge in [0.25, 0.3) is 0 Å². The molecule has 60 valence electrons. The standard InChI is InChI=1S/C5H11NO3S/c6-3-2(1-7)9-5(8)4(3)10/h2-5,7-8,10H,1,6H2. The Labute approximate surface area is 64.4 Å². The SMILES string of the molecule is NC1C(CO)OC(O)C1S. The second-order valence-corrected chi connectivity index (χ2v) is 2.91. The number of thiol groups is 1. The van der Waals surface area contributed by atoms with Crippen LogP contribution in [-0.4, -0.2) is 40.5 Å². The molecule has 1 aliphatic heterocycles. The lowest BCUT2D eigenvalue weighted by Crippen LogP contribution is -2.39.